The highest BCUT2D eigenvalue weighted by atomic mass is 19.4. The van der Waals surface area contributed by atoms with E-state index in [0.717, 1.165) is 11.2 Å². The molecular formula is C22H16F3N3O3. The minimum atomic E-state index is -5.20. The number of nitrogens with one attached hydrogen (secondary N) is 1. The Hall–Kier alpha value is -3.88. The van der Waals surface area contributed by atoms with Crippen molar-refractivity contribution in [3.05, 3.63) is 95.9 Å². The minimum Gasteiger partial charge on any atom is -0.459 e. The van der Waals surface area contributed by atoms with Gasteiger partial charge in [0.25, 0.3) is 11.8 Å². The van der Waals surface area contributed by atoms with Crippen molar-refractivity contribution in [2.75, 3.05) is 0 Å². The Bertz CT molecular complexity index is 1110. The molecule has 1 aliphatic rings. The number of aliphatic imine (C=N–C) groups is 1. The first kappa shape index (κ1) is 20.4. The molecule has 1 aliphatic heterocycles. The average Bonchev–Trinajstić information content (AvgIpc) is 3.38. The largest absolute Gasteiger partial charge is 0.459 e. The van der Waals surface area contributed by atoms with Crippen LogP contribution >= 0.6 is 0 Å². The molecule has 0 saturated heterocycles. The first-order valence-corrected chi connectivity index (χ1v) is 9.26. The number of furan rings is 1. The van der Waals surface area contributed by atoms with Crippen LogP contribution in [0.25, 0.3) is 0 Å². The highest BCUT2D eigenvalue weighted by Gasteiger charge is 2.67. The molecule has 6 nitrogen and oxygen atoms in total. The molecule has 1 aromatic heterocycles. The molecular weight excluding hydrogens is 411 g/mol. The first-order chi connectivity index (χ1) is 14.8. The van der Waals surface area contributed by atoms with Gasteiger partial charge in [0, 0.05) is 5.56 Å². The van der Waals surface area contributed by atoms with Gasteiger partial charge in [-0.05, 0) is 17.7 Å². The zero-order valence-corrected chi connectivity index (χ0v) is 16.0. The van der Waals surface area contributed by atoms with Crippen LogP contribution in [0.3, 0.4) is 0 Å². The van der Waals surface area contributed by atoms with E-state index in [1.807, 2.05) is 0 Å². The third-order valence-corrected chi connectivity index (χ3v) is 4.75. The van der Waals surface area contributed by atoms with Crippen LogP contribution in [0.15, 0.2) is 88.5 Å². The topological polar surface area (TPSA) is 74.9 Å². The molecule has 0 unspecified atom stereocenters. The van der Waals surface area contributed by atoms with E-state index in [4.69, 9.17) is 4.42 Å². The lowest BCUT2D eigenvalue weighted by atomic mass is 10.1. The monoisotopic (exact) mass is 427 g/mol. The summed E-state index contributed by atoms with van der Waals surface area (Å²) in [7, 11) is 0. The predicted octanol–water partition coefficient (Wildman–Crippen LogP) is 3.76. The lowest BCUT2D eigenvalue weighted by molar-refractivity contribution is -0.196. The quantitative estimate of drug-likeness (QED) is 0.674. The summed E-state index contributed by atoms with van der Waals surface area (Å²) >= 11 is 0. The van der Waals surface area contributed by atoms with Gasteiger partial charge in [-0.25, -0.2) is 4.99 Å². The van der Waals surface area contributed by atoms with Crippen molar-refractivity contribution in [3.63, 3.8) is 0 Å². The van der Waals surface area contributed by atoms with Crippen molar-refractivity contribution in [1.29, 1.82) is 0 Å². The molecule has 0 aliphatic carbocycles. The fraction of sp³-hybridized carbons (Fsp3) is 0.136. The van der Waals surface area contributed by atoms with Crippen molar-refractivity contribution >= 4 is 17.6 Å². The van der Waals surface area contributed by atoms with E-state index in [-0.39, 0.29) is 18.1 Å². The SMILES string of the molecule is O=C(N[C@@]1(C(F)(F)F)N=C(c2ccccc2)N(Cc2ccccc2)C1=O)c1ccco1. The molecule has 0 radical (unpaired) electrons. The van der Waals surface area contributed by atoms with Crippen LogP contribution in [-0.4, -0.2) is 34.4 Å². The van der Waals surface area contributed by atoms with Crippen LogP contribution in [-0.2, 0) is 11.3 Å². The number of carbonyl (C=O) groups is 2. The van der Waals surface area contributed by atoms with Gasteiger partial charge < -0.3 is 9.73 Å². The lowest BCUT2D eigenvalue weighted by Gasteiger charge is -2.28. The normalized spacial score (nSPS) is 18.7. The summed E-state index contributed by atoms with van der Waals surface area (Å²) in [5.41, 5.74) is -2.56. The van der Waals surface area contributed by atoms with E-state index in [9.17, 15) is 22.8 Å². The predicted molar refractivity (Wildman–Crippen MR) is 105 cm³/mol. The average molecular weight is 427 g/mol. The number of hydrogen-bond donors (Lipinski definition) is 1. The zero-order valence-electron chi connectivity index (χ0n) is 16.0. The fourth-order valence-corrected chi connectivity index (χ4v) is 3.25. The summed E-state index contributed by atoms with van der Waals surface area (Å²) in [4.78, 5) is 30.3. The molecule has 0 fully saturated rings. The molecule has 1 N–H and O–H groups in total. The van der Waals surface area contributed by atoms with Crippen LogP contribution in [0.1, 0.15) is 21.7 Å². The second-order valence-corrected chi connectivity index (χ2v) is 6.82. The highest BCUT2D eigenvalue weighted by Crippen LogP contribution is 2.39. The molecule has 2 amide bonds. The number of benzene rings is 2. The highest BCUT2D eigenvalue weighted by molar-refractivity contribution is 6.16. The third kappa shape index (κ3) is 3.70. The van der Waals surface area contributed by atoms with Gasteiger partial charge in [0.15, 0.2) is 5.76 Å². The Morgan fingerprint density at radius 2 is 1.65 bits per heavy atom. The standard InChI is InChI=1S/C22H16F3N3O3/c23-22(24,25)21(27-19(29)17-12-7-13-31-17)20(30)28(14-15-8-3-1-4-9-15)18(26-21)16-10-5-2-6-11-16/h1-13H,14H2,(H,27,29)/t21-/m0/s1. The van der Waals surface area contributed by atoms with Crippen molar-refractivity contribution < 1.29 is 27.2 Å². The van der Waals surface area contributed by atoms with Gasteiger partial charge in [-0.15, -0.1) is 0 Å². The first-order valence-electron chi connectivity index (χ1n) is 9.26. The summed E-state index contributed by atoms with van der Waals surface area (Å²) in [5, 5.41) is 1.76. The van der Waals surface area contributed by atoms with Gasteiger partial charge in [0.05, 0.1) is 12.8 Å². The van der Waals surface area contributed by atoms with Gasteiger partial charge >= 0.3 is 11.8 Å². The molecule has 31 heavy (non-hydrogen) atoms. The van der Waals surface area contributed by atoms with Crippen LogP contribution in [0.4, 0.5) is 13.2 Å². The molecule has 2 heterocycles. The third-order valence-electron chi connectivity index (χ3n) is 4.75. The van der Waals surface area contributed by atoms with Gasteiger partial charge in [-0.2, -0.15) is 13.2 Å². The van der Waals surface area contributed by atoms with Crippen LogP contribution in [0.5, 0.6) is 0 Å². The summed E-state index contributed by atoms with van der Waals surface area (Å²) in [6, 6.07) is 19.1. The molecule has 0 saturated carbocycles. The maximum absolute atomic E-state index is 14.3. The number of amidine groups is 1. The van der Waals surface area contributed by atoms with Crippen molar-refractivity contribution in [2.24, 2.45) is 4.99 Å². The lowest BCUT2D eigenvalue weighted by Crippen LogP contribution is -2.63. The Morgan fingerprint density at radius 3 is 2.23 bits per heavy atom. The zero-order chi connectivity index (χ0) is 22.1. The molecule has 1 atom stereocenters. The summed E-state index contributed by atoms with van der Waals surface area (Å²) in [6.45, 7) is -0.151. The van der Waals surface area contributed by atoms with Crippen molar-refractivity contribution in [1.82, 2.24) is 10.2 Å². The number of hydrogen-bond acceptors (Lipinski definition) is 4. The van der Waals surface area contributed by atoms with E-state index in [2.05, 4.69) is 4.99 Å². The number of alkyl halides is 3. The molecule has 2 aromatic carbocycles. The van der Waals surface area contributed by atoms with E-state index in [0.29, 0.717) is 11.1 Å². The molecule has 3 aromatic rings. The van der Waals surface area contributed by atoms with Gasteiger partial charge in [-0.3, -0.25) is 14.5 Å². The smallest absolute Gasteiger partial charge is 0.442 e. The minimum absolute atomic E-state index is 0.151. The number of rotatable bonds is 5. The maximum atomic E-state index is 14.3. The molecule has 9 heteroatoms. The second kappa shape index (κ2) is 7.75. The molecule has 4 rings (SSSR count). The molecule has 0 bridgehead atoms. The number of amides is 2. The van der Waals surface area contributed by atoms with Crippen LogP contribution < -0.4 is 5.32 Å². The Balaban J connectivity index is 1.81. The maximum Gasteiger partial charge on any atom is 0.442 e. The Kier molecular flexibility index (Phi) is 5.10. The summed E-state index contributed by atoms with van der Waals surface area (Å²) in [5.74, 6) is -3.16. The molecule has 0 spiro atoms. The van der Waals surface area contributed by atoms with Crippen molar-refractivity contribution in [3.8, 4) is 0 Å². The Morgan fingerprint density at radius 1 is 1.00 bits per heavy atom. The number of carbonyl (C=O) groups excluding carboxylic acids is 2. The van der Waals surface area contributed by atoms with E-state index >= 15 is 0 Å². The van der Waals surface area contributed by atoms with E-state index in [1.165, 1.54) is 12.1 Å². The van der Waals surface area contributed by atoms with E-state index < -0.39 is 23.7 Å². The number of halogens is 3. The second-order valence-electron chi connectivity index (χ2n) is 6.82. The van der Waals surface area contributed by atoms with Gasteiger partial charge in [0.1, 0.15) is 5.84 Å². The van der Waals surface area contributed by atoms with Crippen LogP contribution in [0, 0.1) is 0 Å². The van der Waals surface area contributed by atoms with E-state index in [1.54, 1.807) is 66.0 Å². The van der Waals surface area contributed by atoms with Gasteiger partial charge in [0.2, 0.25) is 0 Å². The fourth-order valence-electron chi connectivity index (χ4n) is 3.25. The molecule has 158 valence electrons. The summed E-state index contributed by atoms with van der Waals surface area (Å²) in [6.07, 6.45) is -4.05. The number of nitrogens with zero attached hydrogens (tertiary/aromatic N) is 2. The summed E-state index contributed by atoms with van der Waals surface area (Å²) < 4.78 is 47.7. The van der Waals surface area contributed by atoms with Crippen molar-refractivity contribution in [2.45, 2.75) is 18.4 Å². The van der Waals surface area contributed by atoms with Crippen LogP contribution in [0.2, 0.25) is 0 Å². The Labute approximate surface area is 175 Å². The van der Waals surface area contributed by atoms with Gasteiger partial charge in [-0.1, -0.05) is 60.7 Å².